The molecule has 2 heteroatoms. The molecular weight excluding hydrogens is 296 g/mol. The van der Waals surface area contributed by atoms with E-state index in [9.17, 15) is 9.90 Å². The lowest BCUT2D eigenvalue weighted by Crippen LogP contribution is -2.53. The maximum absolute atomic E-state index is 12.5. The second-order valence-corrected chi connectivity index (χ2v) is 10.0. The van der Waals surface area contributed by atoms with Crippen molar-refractivity contribution in [2.45, 2.75) is 85.2 Å². The fraction of sp³-hybridized carbons (Fsp3) is 0.864. The number of carbonyl (C=O) groups is 1. The number of hydrogen-bond donors (Lipinski definition) is 1. The molecule has 3 fully saturated rings. The van der Waals surface area contributed by atoms with E-state index >= 15 is 0 Å². The van der Waals surface area contributed by atoms with Gasteiger partial charge in [0.05, 0.1) is 6.10 Å². The van der Waals surface area contributed by atoms with Gasteiger partial charge in [-0.05, 0) is 86.9 Å². The average molecular weight is 331 g/mol. The van der Waals surface area contributed by atoms with Crippen molar-refractivity contribution < 1.29 is 9.90 Å². The number of Topliss-reactive ketones (excluding diaryl/α,β-unsaturated/α-hetero) is 1. The highest BCUT2D eigenvalue weighted by Crippen LogP contribution is 2.69. The van der Waals surface area contributed by atoms with E-state index in [1.54, 1.807) is 5.57 Å². The zero-order valence-electron chi connectivity index (χ0n) is 15.9. The number of allylic oxidation sites excluding steroid dienone is 1. The smallest absolute Gasteiger partial charge is 0.136 e. The zero-order valence-corrected chi connectivity index (χ0v) is 15.9. The molecule has 0 aliphatic heterocycles. The normalized spacial score (nSPS) is 53.6. The van der Waals surface area contributed by atoms with E-state index in [1.807, 2.05) is 6.92 Å². The van der Waals surface area contributed by atoms with Crippen LogP contribution in [0.5, 0.6) is 0 Å². The lowest BCUT2D eigenvalue weighted by Gasteiger charge is -2.59. The molecule has 7 atom stereocenters. The third-order valence-electron chi connectivity index (χ3n) is 9.47. The van der Waals surface area contributed by atoms with Crippen LogP contribution in [0.4, 0.5) is 0 Å². The molecule has 1 N–H and O–H groups in total. The first-order valence-electron chi connectivity index (χ1n) is 10.1. The Morgan fingerprint density at radius 1 is 1.04 bits per heavy atom. The van der Waals surface area contributed by atoms with Gasteiger partial charge in [0.15, 0.2) is 0 Å². The molecule has 0 heterocycles. The summed E-state index contributed by atoms with van der Waals surface area (Å²) in [5, 5.41) is 10.1. The summed E-state index contributed by atoms with van der Waals surface area (Å²) < 4.78 is 0. The maximum Gasteiger partial charge on any atom is 0.136 e. The van der Waals surface area contributed by atoms with Crippen molar-refractivity contribution in [1.29, 1.82) is 0 Å². The number of aliphatic hydroxyl groups excluding tert-OH is 1. The van der Waals surface area contributed by atoms with Crippen molar-refractivity contribution in [3.05, 3.63) is 11.6 Å². The van der Waals surface area contributed by atoms with Crippen LogP contribution in [0, 0.1) is 34.0 Å². The Morgan fingerprint density at radius 3 is 2.46 bits per heavy atom. The van der Waals surface area contributed by atoms with Crippen LogP contribution in [0.2, 0.25) is 0 Å². The molecular formula is C22H34O2. The van der Waals surface area contributed by atoms with Crippen molar-refractivity contribution in [2.75, 3.05) is 0 Å². The first-order valence-corrected chi connectivity index (χ1v) is 10.1. The Balaban J connectivity index is 1.69. The van der Waals surface area contributed by atoms with Crippen molar-refractivity contribution in [3.8, 4) is 0 Å². The van der Waals surface area contributed by atoms with Crippen LogP contribution in [-0.2, 0) is 4.79 Å². The minimum absolute atomic E-state index is 0.109. The molecule has 0 bridgehead atoms. The van der Waals surface area contributed by atoms with Crippen LogP contribution >= 0.6 is 0 Å². The molecule has 2 nitrogen and oxygen atoms in total. The third kappa shape index (κ3) is 1.95. The van der Waals surface area contributed by atoms with Crippen molar-refractivity contribution in [2.24, 2.45) is 34.0 Å². The highest BCUT2D eigenvalue weighted by atomic mass is 16.3. The standard InChI is InChI=1S/C22H34O2/c1-14(23)21(3)11-9-19-17-6-5-15-13-16(24)7-10-20(15,2)18(17)8-12-22(19,21)4/h13,16-19,24H,5-12H2,1-4H3/t16-,17?,18?,19?,20?,21+,22?/m0/s1. The summed E-state index contributed by atoms with van der Waals surface area (Å²) in [4.78, 5) is 12.5. The van der Waals surface area contributed by atoms with Crippen LogP contribution < -0.4 is 0 Å². The van der Waals surface area contributed by atoms with E-state index in [-0.39, 0.29) is 16.9 Å². The molecule has 4 aliphatic rings. The van der Waals surface area contributed by atoms with Crippen LogP contribution in [-0.4, -0.2) is 17.0 Å². The Morgan fingerprint density at radius 2 is 1.75 bits per heavy atom. The summed E-state index contributed by atoms with van der Waals surface area (Å²) in [6.45, 7) is 8.98. The summed E-state index contributed by atoms with van der Waals surface area (Å²) >= 11 is 0. The molecule has 5 unspecified atom stereocenters. The summed E-state index contributed by atoms with van der Waals surface area (Å²) in [6.07, 6.45) is 11.3. The second-order valence-electron chi connectivity index (χ2n) is 10.0. The Bertz CT molecular complexity index is 593. The van der Waals surface area contributed by atoms with Crippen LogP contribution in [0.15, 0.2) is 11.6 Å². The van der Waals surface area contributed by atoms with Gasteiger partial charge < -0.3 is 5.11 Å². The van der Waals surface area contributed by atoms with E-state index in [1.165, 1.54) is 25.7 Å². The van der Waals surface area contributed by atoms with Gasteiger partial charge in [0.2, 0.25) is 0 Å². The molecule has 4 aliphatic carbocycles. The molecule has 134 valence electrons. The van der Waals surface area contributed by atoms with E-state index < -0.39 is 0 Å². The van der Waals surface area contributed by atoms with Gasteiger partial charge >= 0.3 is 0 Å². The van der Waals surface area contributed by atoms with E-state index in [0.29, 0.717) is 11.2 Å². The van der Waals surface area contributed by atoms with Gasteiger partial charge in [-0.25, -0.2) is 0 Å². The molecule has 0 aromatic heterocycles. The quantitative estimate of drug-likeness (QED) is 0.694. The third-order valence-corrected chi connectivity index (χ3v) is 9.47. The van der Waals surface area contributed by atoms with Gasteiger partial charge in [-0.2, -0.15) is 0 Å². The molecule has 0 saturated heterocycles. The van der Waals surface area contributed by atoms with E-state index in [0.717, 1.165) is 43.4 Å². The topological polar surface area (TPSA) is 37.3 Å². The molecule has 24 heavy (non-hydrogen) atoms. The van der Waals surface area contributed by atoms with Gasteiger partial charge in [0, 0.05) is 5.41 Å². The summed E-state index contributed by atoms with van der Waals surface area (Å²) in [7, 11) is 0. The molecule has 0 spiro atoms. The lowest BCUT2D eigenvalue weighted by atomic mass is 9.45. The molecule has 4 rings (SSSR count). The number of carbonyl (C=O) groups excluding carboxylic acids is 1. The first kappa shape index (κ1) is 16.8. The van der Waals surface area contributed by atoms with E-state index in [4.69, 9.17) is 0 Å². The highest BCUT2D eigenvalue weighted by molar-refractivity contribution is 5.83. The predicted octanol–water partition coefficient (Wildman–Crippen LogP) is 4.91. The number of aliphatic hydroxyl groups is 1. The van der Waals surface area contributed by atoms with Gasteiger partial charge in [-0.1, -0.05) is 32.4 Å². The number of ketones is 1. The molecule has 0 aromatic rings. The summed E-state index contributed by atoms with van der Waals surface area (Å²) in [6, 6.07) is 0. The fourth-order valence-corrected chi connectivity index (χ4v) is 7.56. The van der Waals surface area contributed by atoms with Crippen LogP contribution in [0.25, 0.3) is 0 Å². The SMILES string of the molecule is CC(=O)[C@@]1(C)CCC2C3CCC4=C[C@@H](O)CCC4(C)C3CCC21C. The first-order chi connectivity index (χ1) is 11.2. The van der Waals surface area contributed by atoms with Crippen molar-refractivity contribution in [3.63, 3.8) is 0 Å². The summed E-state index contributed by atoms with van der Waals surface area (Å²) in [5.74, 6) is 2.67. The molecule has 0 radical (unpaired) electrons. The summed E-state index contributed by atoms with van der Waals surface area (Å²) in [5.41, 5.74) is 1.94. The van der Waals surface area contributed by atoms with Gasteiger partial charge in [-0.3, -0.25) is 4.79 Å². The van der Waals surface area contributed by atoms with Gasteiger partial charge in [0.25, 0.3) is 0 Å². The van der Waals surface area contributed by atoms with Gasteiger partial charge in [0.1, 0.15) is 5.78 Å². The van der Waals surface area contributed by atoms with Crippen LogP contribution in [0.3, 0.4) is 0 Å². The average Bonchev–Trinajstić information content (AvgIpc) is 2.81. The largest absolute Gasteiger partial charge is 0.389 e. The molecule has 3 saturated carbocycles. The highest BCUT2D eigenvalue weighted by Gasteiger charge is 2.63. The lowest BCUT2D eigenvalue weighted by molar-refractivity contribution is -0.138. The Kier molecular flexibility index (Phi) is 3.64. The van der Waals surface area contributed by atoms with Crippen molar-refractivity contribution in [1.82, 2.24) is 0 Å². The minimum Gasteiger partial charge on any atom is -0.389 e. The van der Waals surface area contributed by atoms with E-state index in [2.05, 4.69) is 26.8 Å². The number of fused-ring (bicyclic) bond motifs is 5. The number of rotatable bonds is 1. The van der Waals surface area contributed by atoms with Crippen LogP contribution in [0.1, 0.15) is 79.1 Å². The predicted molar refractivity (Wildman–Crippen MR) is 96.5 cm³/mol. The number of hydrogen-bond acceptors (Lipinski definition) is 2. The molecule has 0 aromatic carbocycles. The second kappa shape index (κ2) is 5.19. The zero-order chi connectivity index (χ0) is 17.3. The minimum atomic E-state index is -0.217. The maximum atomic E-state index is 12.5. The Hall–Kier alpha value is -0.630. The van der Waals surface area contributed by atoms with Gasteiger partial charge in [-0.15, -0.1) is 0 Å². The monoisotopic (exact) mass is 330 g/mol. The molecule has 0 amide bonds. The van der Waals surface area contributed by atoms with Crippen molar-refractivity contribution >= 4 is 5.78 Å². The fourth-order valence-electron chi connectivity index (χ4n) is 7.56. The Labute approximate surface area is 147 Å².